The van der Waals surface area contributed by atoms with Crippen LogP contribution >= 0.6 is 11.8 Å². The lowest BCUT2D eigenvalue weighted by molar-refractivity contribution is -0.136. The van der Waals surface area contributed by atoms with Gasteiger partial charge in [0.15, 0.2) is 5.25 Å². The van der Waals surface area contributed by atoms with Crippen molar-refractivity contribution in [2.75, 3.05) is 23.7 Å². The zero-order valence-electron chi connectivity index (χ0n) is 17.1. The van der Waals surface area contributed by atoms with Crippen molar-refractivity contribution in [3.63, 3.8) is 0 Å². The topological polar surface area (TPSA) is 78.5 Å². The lowest BCUT2D eigenvalue weighted by Crippen LogP contribution is -2.48. The number of hydrogen-bond donors (Lipinski definition) is 2. The number of para-hydroxylation sites is 1. The Labute approximate surface area is 180 Å². The van der Waals surface area contributed by atoms with E-state index in [4.69, 9.17) is 0 Å². The van der Waals surface area contributed by atoms with Gasteiger partial charge in [0.1, 0.15) is 0 Å². The van der Waals surface area contributed by atoms with E-state index >= 15 is 0 Å². The summed E-state index contributed by atoms with van der Waals surface area (Å²) < 4.78 is 0. The number of thioether (sulfide) groups is 1. The molecule has 6 nitrogen and oxygen atoms in total. The monoisotopic (exact) mass is 423 g/mol. The second kappa shape index (κ2) is 8.52. The van der Waals surface area contributed by atoms with E-state index in [0.29, 0.717) is 25.9 Å². The molecule has 1 fully saturated rings. The van der Waals surface area contributed by atoms with Crippen LogP contribution in [0.5, 0.6) is 0 Å². The molecule has 0 aliphatic carbocycles. The Morgan fingerprint density at radius 3 is 2.57 bits per heavy atom. The van der Waals surface area contributed by atoms with Crippen LogP contribution in [0.1, 0.15) is 24.0 Å². The normalized spacial score (nSPS) is 19.1. The van der Waals surface area contributed by atoms with E-state index in [9.17, 15) is 14.4 Å². The smallest absolute Gasteiger partial charge is 0.247 e. The fourth-order valence-corrected chi connectivity index (χ4v) is 5.00. The van der Waals surface area contributed by atoms with Crippen LogP contribution in [0.3, 0.4) is 0 Å². The lowest BCUT2D eigenvalue weighted by Gasteiger charge is -2.34. The highest BCUT2D eigenvalue weighted by Gasteiger charge is 2.37. The van der Waals surface area contributed by atoms with E-state index in [-0.39, 0.29) is 23.6 Å². The standard InChI is InChI=1S/C23H25N3O3S/c1-14-7-8-17(15(2)13-14)24-21(27)16-9-11-26(12-10-16)23(29)20-22(28)25-18-5-3-4-6-19(18)30-20/h3-8,13,16,20H,9-12H2,1-2H3,(H,24,27)(H,25,28)/t20-/m1/s1. The third kappa shape index (κ3) is 4.21. The highest BCUT2D eigenvalue weighted by atomic mass is 32.2. The molecule has 4 rings (SSSR count). The minimum Gasteiger partial charge on any atom is -0.341 e. The molecular weight excluding hydrogens is 398 g/mol. The quantitative estimate of drug-likeness (QED) is 0.740. The molecule has 156 valence electrons. The fourth-order valence-electron chi connectivity index (χ4n) is 3.93. The Morgan fingerprint density at radius 1 is 1.10 bits per heavy atom. The van der Waals surface area contributed by atoms with Crippen molar-refractivity contribution in [3.05, 3.63) is 53.6 Å². The molecule has 2 aliphatic heterocycles. The Bertz CT molecular complexity index is 999. The molecule has 1 atom stereocenters. The molecule has 30 heavy (non-hydrogen) atoms. The molecule has 7 heteroatoms. The summed E-state index contributed by atoms with van der Waals surface area (Å²) in [6, 6.07) is 13.4. The van der Waals surface area contributed by atoms with Crippen LogP contribution in [0.25, 0.3) is 0 Å². The molecule has 2 heterocycles. The number of nitrogens with zero attached hydrogens (tertiary/aromatic N) is 1. The summed E-state index contributed by atoms with van der Waals surface area (Å²) in [4.78, 5) is 40.7. The van der Waals surface area contributed by atoms with Crippen LogP contribution in [-0.4, -0.2) is 41.0 Å². The average Bonchev–Trinajstić information content (AvgIpc) is 2.75. The van der Waals surface area contributed by atoms with Gasteiger partial charge < -0.3 is 15.5 Å². The third-order valence-corrected chi connectivity index (χ3v) is 6.93. The molecule has 0 saturated carbocycles. The minimum absolute atomic E-state index is 0.00670. The maximum Gasteiger partial charge on any atom is 0.247 e. The van der Waals surface area contributed by atoms with Gasteiger partial charge in [-0.15, -0.1) is 11.8 Å². The molecule has 1 saturated heterocycles. The molecular formula is C23H25N3O3S. The second-order valence-electron chi connectivity index (χ2n) is 7.89. The number of carbonyl (C=O) groups excluding carboxylic acids is 3. The molecule has 0 spiro atoms. The van der Waals surface area contributed by atoms with Crippen molar-refractivity contribution >= 4 is 40.9 Å². The van der Waals surface area contributed by atoms with Crippen molar-refractivity contribution in [2.24, 2.45) is 5.92 Å². The molecule has 0 radical (unpaired) electrons. The van der Waals surface area contributed by atoms with Gasteiger partial charge in [0.25, 0.3) is 0 Å². The Kier molecular flexibility index (Phi) is 5.81. The fraction of sp³-hybridized carbons (Fsp3) is 0.348. The Hall–Kier alpha value is -2.80. The van der Waals surface area contributed by atoms with Crippen LogP contribution in [-0.2, 0) is 14.4 Å². The molecule has 3 amide bonds. The first-order valence-electron chi connectivity index (χ1n) is 10.2. The molecule has 2 aliphatic rings. The van der Waals surface area contributed by atoms with Crippen molar-refractivity contribution in [2.45, 2.75) is 36.8 Å². The van der Waals surface area contributed by atoms with Crippen LogP contribution in [0.15, 0.2) is 47.4 Å². The second-order valence-corrected chi connectivity index (χ2v) is 9.04. The van der Waals surface area contributed by atoms with Crippen molar-refractivity contribution in [1.82, 2.24) is 4.90 Å². The van der Waals surface area contributed by atoms with Crippen LogP contribution in [0.4, 0.5) is 11.4 Å². The van der Waals surface area contributed by atoms with Gasteiger partial charge in [-0.1, -0.05) is 29.8 Å². The molecule has 2 N–H and O–H groups in total. The predicted octanol–water partition coefficient (Wildman–Crippen LogP) is 3.59. The lowest BCUT2D eigenvalue weighted by atomic mass is 9.95. The maximum absolute atomic E-state index is 13.0. The van der Waals surface area contributed by atoms with Crippen molar-refractivity contribution in [1.29, 1.82) is 0 Å². The van der Waals surface area contributed by atoms with Gasteiger partial charge in [0.2, 0.25) is 17.7 Å². The number of nitrogens with one attached hydrogen (secondary N) is 2. The van der Waals surface area contributed by atoms with Crippen LogP contribution in [0, 0.1) is 19.8 Å². The van der Waals surface area contributed by atoms with Crippen molar-refractivity contribution in [3.8, 4) is 0 Å². The molecule has 0 unspecified atom stereocenters. The number of benzene rings is 2. The van der Waals surface area contributed by atoms with E-state index in [1.54, 1.807) is 4.90 Å². The summed E-state index contributed by atoms with van der Waals surface area (Å²) in [5, 5.41) is 5.07. The van der Waals surface area contributed by atoms with Gasteiger partial charge >= 0.3 is 0 Å². The zero-order valence-corrected chi connectivity index (χ0v) is 17.9. The number of hydrogen-bond acceptors (Lipinski definition) is 4. The van der Waals surface area contributed by atoms with E-state index < -0.39 is 5.25 Å². The van der Waals surface area contributed by atoms with Gasteiger partial charge in [0, 0.05) is 29.6 Å². The first-order chi connectivity index (χ1) is 14.4. The number of rotatable bonds is 3. The highest BCUT2D eigenvalue weighted by Crippen LogP contribution is 2.36. The average molecular weight is 424 g/mol. The zero-order chi connectivity index (χ0) is 21.3. The van der Waals surface area contributed by atoms with Gasteiger partial charge in [0.05, 0.1) is 5.69 Å². The van der Waals surface area contributed by atoms with E-state index in [0.717, 1.165) is 27.4 Å². The molecule has 2 aromatic carbocycles. The highest BCUT2D eigenvalue weighted by molar-refractivity contribution is 8.01. The number of anilines is 2. The minimum atomic E-state index is -0.777. The van der Waals surface area contributed by atoms with Crippen LogP contribution in [0.2, 0.25) is 0 Å². The first-order valence-corrected chi connectivity index (χ1v) is 11.0. The summed E-state index contributed by atoms with van der Waals surface area (Å²) in [5.41, 5.74) is 3.78. The largest absolute Gasteiger partial charge is 0.341 e. The van der Waals surface area contributed by atoms with Gasteiger partial charge in [-0.25, -0.2) is 0 Å². The summed E-state index contributed by atoms with van der Waals surface area (Å²) in [6.07, 6.45) is 1.19. The summed E-state index contributed by atoms with van der Waals surface area (Å²) in [6.45, 7) is 4.97. The molecule has 0 bridgehead atoms. The number of piperidine rings is 1. The Morgan fingerprint density at radius 2 is 1.83 bits per heavy atom. The molecule has 0 aromatic heterocycles. The number of carbonyl (C=O) groups is 3. The van der Waals surface area contributed by atoms with Crippen molar-refractivity contribution < 1.29 is 14.4 Å². The van der Waals surface area contributed by atoms with Gasteiger partial charge in [-0.2, -0.15) is 0 Å². The first kappa shape index (κ1) is 20.5. The van der Waals surface area contributed by atoms with Crippen LogP contribution < -0.4 is 10.6 Å². The van der Waals surface area contributed by atoms with E-state index in [1.807, 2.05) is 56.3 Å². The van der Waals surface area contributed by atoms with E-state index in [1.165, 1.54) is 11.8 Å². The number of aryl methyl sites for hydroxylation is 2. The summed E-state index contributed by atoms with van der Waals surface area (Å²) >= 11 is 1.30. The predicted molar refractivity (Wildman–Crippen MR) is 119 cm³/mol. The Balaban J connectivity index is 1.34. The van der Waals surface area contributed by atoms with Gasteiger partial charge in [-0.05, 0) is 50.5 Å². The van der Waals surface area contributed by atoms with Gasteiger partial charge in [-0.3, -0.25) is 14.4 Å². The third-order valence-electron chi connectivity index (χ3n) is 5.67. The van der Waals surface area contributed by atoms with E-state index in [2.05, 4.69) is 10.6 Å². The number of amides is 3. The maximum atomic E-state index is 13.0. The summed E-state index contributed by atoms with van der Waals surface area (Å²) in [7, 11) is 0. The SMILES string of the molecule is Cc1ccc(NC(=O)C2CCN(C(=O)[C@@H]3Sc4ccccc4NC3=O)CC2)c(C)c1. The summed E-state index contributed by atoms with van der Waals surface area (Å²) in [5.74, 6) is -0.602. The molecule has 2 aromatic rings. The number of likely N-dealkylation sites (tertiary alicyclic amines) is 1. The number of fused-ring (bicyclic) bond motifs is 1.